The third-order valence-corrected chi connectivity index (χ3v) is 5.37. The van der Waals surface area contributed by atoms with Crippen LogP contribution in [0.25, 0.3) is 0 Å². The van der Waals surface area contributed by atoms with Crippen LogP contribution in [-0.2, 0) is 20.9 Å². The molecule has 2 rings (SSSR count). The third kappa shape index (κ3) is 9.85. The number of carbonyl (C=O) groups excluding carboxylic acids is 3. The maximum Gasteiger partial charge on any atom is 0.243 e. The van der Waals surface area contributed by atoms with Gasteiger partial charge in [0.05, 0.1) is 19.1 Å². The van der Waals surface area contributed by atoms with Gasteiger partial charge in [-0.3, -0.25) is 19.4 Å². The highest BCUT2D eigenvalue weighted by molar-refractivity contribution is 5.88. The fraction of sp³-hybridized carbons (Fsp3) is 0.360. The molecule has 0 unspecified atom stereocenters. The van der Waals surface area contributed by atoms with Gasteiger partial charge in [0.1, 0.15) is 6.54 Å². The van der Waals surface area contributed by atoms with Gasteiger partial charge in [0.15, 0.2) is 5.96 Å². The van der Waals surface area contributed by atoms with Gasteiger partial charge < -0.3 is 32.3 Å². The quantitative estimate of drug-likeness (QED) is 0.173. The first-order chi connectivity index (χ1) is 16.8. The predicted molar refractivity (Wildman–Crippen MR) is 136 cm³/mol. The summed E-state index contributed by atoms with van der Waals surface area (Å²) in [6.07, 6.45) is 0.657. The Labute approximate surface area is 206 Å². The molecule has 0 saturated carbocycles. The molecule has 0 heterocycles. The van der Waals surface area contributed by atoms with E-state index in [2.05, 4.69) is 10.3 Å². The lowest BCUT2D eigenvalue weighted by molar-refractivity contribution is -0.143. The molecule has 0 aliphatic rings. The van der Waals surface area contributed by atoms with Crippen molar-refractivity contribution in [2.24, 2.45) is 22.2 Å². The lowest BCUT2D eigenvalue weighted by atomic mass is 10.1. The Morgan fingerprint density at radius 3 is 2.14 bits per heavy atom. The van der Waals surface area contributed by atoms with E-state index >= 15 is 0 Å². The molecule has 0 fully saturated rings. The van der Waals surface area contributed by atoms with E-state index in [1.165, 1.54) is 9.80 Å². The molecule has 35 heavy (non-hydrogen) atoms. The number of benzene rings is 2. The topological polar surface area (TPSA) is 160 Å². The van der Waals surface area contributed by atoms with Crippen molar-refractivity contribution in [3.63, 3.8) is 0 Å². The summed E-state index contributed by atoms with van der Waals surface area (Å²) in [7, 11) is 0. The molecule has 2 aromatic rings. The first-order valence-electron chi connectivity index (χ1n) is 11.5. The van der Waals surface area contributed by atoms with Gasteiger partial charge in [-0.1, -0.05) is 60.7 Å². The molecule has 188 valence electrons. The minimum atomic E-state index is -0.621. The second kappa shape index (κ2) is 14.4. The van der Waals surface area contributed by atoms with Crippen LogP contribution in [0.1, 0.15) is 30.5 Å². The van der Waals surface area contributed by atoms with E-state index in [1.54, 1.807) is 0 Å². The molecule has 0 radical (unpaired) electrons. The van der Waals surface area contributed by atoms with Gasteiger partial charge in [0.2, 0.25) is 17.7 Å². The van der Waals surface area contributed by atoms with Crippen molar-refractivity contribution in [3.05, 3.63) is 71.8 Å². The number of carbonyl (C=O) groups is 3. The van der Waals surface area contributed by atoms with Crippen LogP contribution >= 0.6 is 0 Å². The monoisotopic (exact) mass is 481 g/mol. The molecule has 10 nitrogen and oxygen atoms in total. The van der Waals surface area contributed by atoms with Gasteiger partial charge in [-0.05, 0) is 31.0 Å². The van der Waals surface area contributed by atoms with E-state index in [0.29, 0.717) is 19.5 Å². The molecule has 0 saturated heterocycles. The van der Waals surface area contributed by atoms with Crippen molar-refractivity contribution in [1.29, 1.82) is 0 Å². The molecule has 0 bridgehead atoms. The second-order valence-corrected chi connectivity index (χ2v) is 8.15. The summed E-state index contributed by atoms with van der Waals surface area (Å²) in [6.45, 7) is 2.69. The highest BCUT2D eigenvalue weighted by atomic mass is 16.2. The standard InChI is InChI=1S/C25H35N7O3/c1-19(21-11-6-3-7-12-21)32(17-22(26)33)24(35)18-31(16-20-9-4-2-5-10-20)23(34)15-29-13-8-14-30-25(27)28/h2-7,9-12,19,29H,8,13-18H2,1H3,(H2,26,33)(H4,27,28,30)/t19-/m1/s1. The third-order valence-electron chi connectivity index (χ3n) is 5.37. The number of aliphatic imine (C=N–C) groups is 1. The Hall–Kier alpha value is -3.92. The molecule has 10 heteroatoms. The summed E-state index contributed by atoms with van der Waals surface area (Å²) in [5.41, 5.74) is 17.8. The first kappa shape index (κ1) is 27.3. The molecule has 7 N–H and O–H groups in total. The minimum Gasteiger partial charge on any atom is -0.370 e. The van der Waals surface area contributed by atoms with Gasteiger partial charge >= 0.3 is 0 Å². The van der Waals surface area contributed by atoms with E-state index < -0.39 is 11.9 Å². The zero-order valence-corrected chi connectivity index (χ0v) is 20.1. The highest BCUT2D eigenvalue weighted by Gasteiger charge is 2.26. The summed E-state index contributed by atoms with van der Waals surface area (Å²) in [5, 5.41) is 3.07. The van der Waals surface area contributed by atoms with Crippen molar-refractivity contribution < 1.29 is 14.4 Å². The molecule has 0 aliphatic heterocycles. The Morgan fingerprint density at radius 1 is 0.914 bits per heavy atom. The number of guanidine groups is 1. The van der Waals surface area contributed by atoms with Crippen LogP contribution in [0.15, 0.2) is 65.7 Å². The average Bonchev–Trinajstić information content (AvgIpc) is 2.84. The van der Waals surface area contributed by atoms with E-state index in [0.717, 1.165) is 11.1 Å². The second-order valence-electron chi connectivity index (χ2n) is 8.15. The SMILES string of the molecule is C[C@H](c1ccccc1)N(CC(N)=O)C(=O)CN(Cc1ccccc1)C(=O)CNCCCN=C(N)N. The fourth-order valence-corrected chi connectivity index (χ4v) is 3.53. The molecular formula is C25H35N7O3. The zero-order chi connectivity index (χ0) is 25.6. The lowest BCUT2D eigenvalue weighted by Crippen LogP contribution is -2.48. The van der Waals surface area contributed by atoms with Gasteiger partial charge in [0, 0.05) is 13.1 Å². The minimum absolute atomic E-state index is 0.0267. The summed E-state index contributed by atoms with van der Waals surface area (Å²) in [6, 6.07) is 18.4. The predicted octanol–water partition coefficient (Wildman–Crippen LogP) is 0.343. The van der Waals surface area contributed by atoms with Crippen LogP contribution in [0.5, 0.6) is 0 Å². The van der Waals surface area contributed by atoms with Crippen LogP contribution in [0.2, 0.25) is 0 Å². The normalized spacial score (nSPS) is 11.3. The van der Waals surface area contributed by atoms with Crippen molar-refractivity contribution in [2.75, 3.05) is 32.7 Å². The number of nitrogens with one attached hydrogen (secondary N) is 1. The van der Waals surface area contributed by atoms with E-state index in [-0.39, 0.29) is 44.0 Å². The van der Waals surface area contributed by atoms with Crippen LogP contribution < -0.4 is 22.5 Å². The number of nitrogens with two attached hydrogens (primary N) is 3. The van der Waals surface area contributed by atoms with E-state index in [1.807, 2.05) is 67.6 Å². The number of hydrogen-bond acceptors (Lipinski definition) is 5. The Morgan fingerprint density at radius 2 is 1.54 bits per heavy atom. The maximum absolute atomic E-state index is 13.3. The number of primary amides is 1. The molecule has 0 aliphatic carbocycles. The van der Waals surface area contributed by atoms with Crippen molar-refractivity contribution in [1.82, 2.24) is 15.1 Å². The number of amides is 3. The average molecular weight is 482 g/mol. The first-order valence-corrected chi connectivity index (χ1v) is 11.5. The molecule has 2 aromatic carbocycles. The number of nitrogens with zero attached hydrogens (tertiary/aromatic N) is 3. The summed E-state index contributed by atoms with van der Waals surface area (Å²) >= 11 is 0. The van der Waals surface area contributed by atoms with Crippen LogP contribution in [0.4, 0.5) is 0 Å². The van der Waals surface area contributed by atoms with Gasteiger partial charge in [0.25, 0.3) is 0 Å². The number of hydrogen-bond donors (Lipinski definition) is 4. The summed E-state index contributed by atoms with van der Waals surface area (Å²) < 4.78 is 0. The van der Waals surface area contributed by atoms with Crippen LogP contribution in [-0.4, -0.2) is 66.2 Å². The van der Waals surface area contributed by atoms with Gasteiger partial charge in [-0.2, -0.15) is 0 Å². The van der Waals surface area contributed by atoms with E-state index in [4.69, 9.17) is 17.2 Å². The number of rotatable bonds is 14. The molecule has 0 aromatic heterocycles. The van der Waals surface area contributed by atoms with E-state index in [9.17, 15) is 14.4 Å². The van der Waals surface area contributed by atoms with Crippen LogP contribution in [0.3, 0.4) is 0 Å². The van der Waals surface area contributed by atoms with Crippen LogP contribution in [0, 0.1) is 0 Å². The fourth-order valence-electron chi connectivity index (χ4n) is 3.53. The Bertz CT molecular complexity index is 979. The van der Waals surface area contributed by atoms with Crippen molar-refractivity contribution >= 4 is 23.7 Å². The molecular weight excluding hydrogens is 446 g/mol. The van der Waals surface area contributed by atoms with Gasteiger partial charge in [-0.25, -0.2) is 0 Å². The molecule has 1 atom stereocenters. The summed E-state index contributed by atoms with van der Waals surface area (Å²) in [5.74, 6) is -1.20. The largest absolute Gasteiger partial charge is 0.370 e. The maximum atomic E-state index is 13.3. The highest BCUT2D eigenvalue weighted by Crippen LogP contribution is 2.20. The van der Waals surface area contributed by atoms with Crippen molar-refractivity contribution in [2.45, 2.75) is 25.9 Å². The molecule has 3 amide bonds. The summed E-state index contributed by atoms with van der Waals surface area (Å²) in [4.78, 5) is 44.9. The Balaban J connectivity index is 2.11. The van der Waals surface area contributed by atoms with Gasteiger partial charge in [-0.15, -0.1) is 0 Å². The Kier molecular flexibility index (Phi) is 11.2. The molecule has 0 spiro atoms. The lowest BCUT2D eigenvalue weighted by Gasteiger charge is -2.31. The zero-order valence-electron chi connectivity index (χ0n) is 20.1. The smallest absolute Gasteiger partial charge is 0.243 e. The van der Waals surface area contributed by atoms with Crippen molar-refractivity contribution in [3.8, 4) is 0 Å².